The molecule has 1 aliphatic rings. The van der Waals surface area contributed by atoms with Crippen LogP contribution in [0.3, 0.4) is 0 Å². The van der Waals surface area contributed by atoms with E-state index in [1.165, 1.54) is 15.6 Å². The predicted molar refractivity (Wildman–Crippen MR) is 113 cm³/mol. The molecule has 0 radical (unpaired) electrons. The lowest BCUT2D eigenvalue weighted by Crippen LogP contribution is -2.33. The van der Waals surface area contributed by atoms with Crippen LogP contribution in [0.2, 0.25) is 0 Å². The van der Waals surface area contributed by atoms with Gasteiger partial charge in [0.05, 0.1) is 11.5 Å². The van der Waals surface area contributed by atoms with Gasteiger partial charge in [-0.2, -0.15) is 0 Å². The Labute approximate surface area is 173 Å². The molecule has 1 aliphatic heterocycles. The number of sulfonamides is 1. The molecule has 0 aliphatic carbocycles. The van der Waals surface area contributed by atoms with E-state index in [1.807, 2.05) is 13.0 Å². The molecule has 0 spiro atoms. The zero-order valence-electron chi connectivity index (χ0n) is 16.1. The molecule has 6 nitrogen and oxygen atoms in total. The van der Waals surface area contributed by atoms with Crippen molar-refractivity contribution >= 4 is 33.1 Å². The van der Waals surface area contributed by atoms with Crippen molar-refractivity contribution in [2.75, 3.05) is 17.5 Å². The van der Waals surface area contributed by atoms with E-state index in [1.54, 1.807) is 49.5 Å². The van der Waals surface area contributed by atoms with E-state index in [9.17, 15) is 13.2 Å². The zero-order chi connectivity index (χ0) is 20.6. The van der Waals surface area contributed by atoms with Crippen LogP contribution in [-0.4, -0.2) is 32.5 Å². The summed E-state index contributed by atoms with van der Waals surface area (Å²) in [7, 11) is -3.76. The van der Waals surface area contributed by atoms with Crippen LogP contribution in [0.1, 0.15) is 27.7 Å². The summed E-state index contributed by atoms with van der Waals surface area (Å²) in [6.45, 7) is 4.23. The highest BCUT2D eigenvalue weighted by Gasteiger charge is 2.32. The summed E-state index contributed by atoms with van der Waals surface area (Å²) < 4.78 is 33.2. The third-order valence-corrected chi connectivity index (χ3v) is 7.74. The lowest BCUT2D eigenvalue weighted by atomic mass is 10.1. The maximum absolute atomic E-state index is 13.4. The minimum absolute atomic E-state index is 0.233. The third kappa shape index (κ3) is 3.54. The van der Waals surface area contributed by atoms with Crippen molar-refractivity contribution in [2.24, 2.45) is 0 Å². The molecule has 3 aromatic rings. The van der Waals surface area contributed by atoms with Gasteiger partial charge in [-0.25, -0.2) is 22.5 Å². The van der Waals surface area contributed by atoms with Gasteiger partial charge in [0.1, 0.15) is 4.88 Å². The second-order valence-corrected chi connectivity index (χ2v) is 9.61. The standard InChI is InChI=1S/C21H20N2O4S2/c1-3-27-21(24)18-13-15-10-12-23(20-17(19(15)28-18)5-4-11-22-20)29(25,26)16-8-6-14(2)7-9-16/h4-9,11,13H,3,10,12H2,1-2H3. The molecule has 0 atom stereocenters. The first kappa shape index (κ1) is 19.6. The number of rotatable bonds is 4. The van der Waals surface area contributed by atoms with Crippen LogP contribution in [0.15, 0.2) is 53.6 Å². The first-order valence-electron chi connectivity index (χ1n) is 9.26. The third-order valence-electron chi connectivity index (χ3n) is 4.75. The van der Waals surface area contributed by atoms with Gasteiger partial charge >= 0.3 is 5.97 Å². The summed E-state index contributed by atoms with van der Waals surface area (Å²) in [5.74, 6) is 0.0178. The van der Waals surface area contributed by atoms with Crippen molar-refractivity contribution < 1.29 is 17.9 Å². The summed E-state index contributed by atoms with van der Waals surface area (Å²) >= 11 is 1.31. The zero-order valence-corrected chi connectivity index (χ0v) is 17.7. The van der Waals surface area contributed by atoms with E-state index < -0.39 is 10.0 Å². The van der Waals surface area contributed by atoms with E-state index in [4.69, 9.17) is 4.74 Å². The van der Waals surface area contributed by atoms with E-state index in [0.717, 1.165) is 16.0 Å². The lowest BCUT2D eigenvalue weighted by molar-refractivity contribution is 0.0532. The number of aromatic nitrogens is 1. The van der Waals surface area contributed by atoms with Gasteiger partial charge < -0.3 is 4.74 Å². The summed E-state index contributed by atoms with van der Waals surface area (Å²) in [6.07, 6.45) is 2.06. The Hall–Kier alpha value is -2.71. The Balaban J connectivity index is 1.81. The van der Waals surface area contributed by atoms with Gasteiger partial charge in [-0.3, -0.25) is 0 Å². The van der Waals surface area contributed by atoms with Crippen LogP contribution in [0.5, 0.6) is 0 Å². The van der Waals surface area contributed by atoms with Gasteiger partial charge in [0.25, 0.3) is 10.0 Å². The number of esters is 1. The topological polar surface area (TPSA) is 76.6 Å². The number of anilines is 1. The molecule has 0 saturated carbocycles. The summed E-state index contributed by atoms with van der Waals surface area (Å²) in [6, 6.07) is 12.2. The number of hydrogen-bond donors (Lipinski definition) is 0. The molecule has 0 saturated heterocycles. The van der Waals surface area contributed by atoms with Gasteiger partial charge in [0.15, 0.2) is 5.82 Å². The molecule has 0 amide bonds. The number of ether oxygens (including phenoxy) is 1. The molecule has 8 heteroatoms. The molecule has 0 fully saturated rings. The molecule has 4 rings (SSSR count). The quantitative estimate of drug-likeness (QED) is 0.586. The average molecular weight is 429 g/mol. The van der Waals surface area contributed by atoms with E-state index in [2.05, 4.69) is 4.98 Å². The van der Waals surface area contributed by atoms with Crippen molar-refractivity contribution in [2.45, 2.75) is 25.2 Å². The average Bonchev–Trinajstić information content (AvgIpc) is 3.06. The maximum atomic E-state index is 13.4. The highest BCUT2D eigenvalue weighted by Crippen LogP contribution is 2.42. The SMILES string of the molecule is CCOC(=O)c1cc2c(s1)-c1cccnc1N(S(=O)(=O)c1ccc(C)cc1)CC2. The first-order chi connectivity index (χ1) is 13.9. The van der Waals surface area contributed by atoms with Crippen molar-refractivity contribution in [1.29, 1.82) is 0 Å². The smallest absolute Gasteiger partial charge is 0.348 e. The maximum Gasteiger partial charge on any atom is 0.348 e. The molecule has 150 valence electrons. The number of aryl methyl sites for hydroxylation is 1. The Morgan fingerprint density at radius 3 is 2.72 bits per heavy atom. The van der Waals surface area contributed by atoms with Gasteiger partial charge in [-0.05, 0) is 56.2 Å². The predicted octanol–water partition coefficient (Wildman–Crippen LogP) is 4.05. The largest absolute Gasteiger partial charge is 0.462 e. The molecular weight excluding hydrogens is 408 g/mol. The Morgan fingerprint density at radius 1 is 1.24 bits per heavy atom. The van der Waals surface area contributed by atoms with Crippen LogP contribution in [-0.2, 0) is 21.2 Å². The number of fused-ring (bicyclic) bond motifs is 3. The van der Waals surface area contributed by atoms with Crippen LogP contribution in [0.4, 0.5) is 5.82 Å². The van der Waals surface area contributed by atoms with Gasteiger partial charge in [0, 0.05) is 23.2 Å². The van der Waals surface area contributed by atoms with Gasteiger partial charge in [-0.1, -0.05) is 17.7 Å². The number of nitrogens with zero attached hydrogens (tertiary/aromatic N) is 2. The number of carbonyl (C=O) groups excluding carboxylic acids is 1. The van der Waals surface area contributed by atoms with Crippen molar-refractivity contribution in [3.05, 3.63) is 64.7 Å². The molecule has 0 unspecified atom stereocenters. The number of benzene rings is 1. The molecule has 3 heterocycles. The van der Waals surface area contributed by atoms with Gasteiger partial charge in [-0.15, -0.1) is 11.3 Å². The van der Waals surface area contributed by atoms with Crippen LogP contribution in [0.25, 0.3) is 10.4 Å². The van der Waals surface area contributed by atoms with E-state index in [-0.39, 0.29) is 17.4 Å². The Kier molecular flexibility index (Phi) is 5.14. The molecule has 29 heavy (non-hydrogen) atoms. The summed E-state index contributed by atoms with van der Waals surface area (Å²) in [4.78, 5) is 18.2. The first-order valence-corrected chi connectivity index (χ1v) is 11.5. The fourth-order valence-electron chi connectivity index (χ4n) is 3.32. The minimum Gasteiger partial charge on any atom is -0.462 e. The number of pyridine rings is 1. The summed E-state index contributed by atoms with van der Waals surface area (Å²) in [5, 5.41) is 0. The number of thiophene rings is 1. The normalized spacial score (nSPS) is 13.4. The fraction of sp³-hybridized carbons (Fsp3) is 0.238. The number of carbonyl (C=O) groups is 1. The van der Waals surface area contributed by atoms with Gasteiger partial charge in [0.2, 0.25) is 0 Å². The molecule has 0 N–H and O–H groups in total. The van der Waals surface area contributed by atoms with E-state index in [0.29, 0.717) is 29.3 Å². The van der Waals surface area contributed by atoms with Crippen LogP contribution < -0.4 is 4.31 Å². The van der Waals surface area contributed by atoms with Crippen LogP contribution in [0, 0.1) is 6.92 Å². The number of hydrogen-bond acceptors (Lipinski definition) is 6. The van der Waals surface area contributed by atoms with E-state index >= 15 is 0 Å². The Bertz CT molecular complexity index is 1170. The highest BCUT2D eigenvalue weighted by atomic mass is 32.2. The lowest BCUT2D eigenvalue weighted by Gasteiger charge is -2.23. The molecule has 1 aromatic carbocycles. The second kappa shape index (κ2) is 7.61. The minimum atomic E-state index is -3.76. The monoisotopic (exact) mass is 428 g/mol. The highest BCUT2D eigenvalue weighted by molar-refractivity contribution is 7.92. The molecular formula is C21H20N2O4S2. The van der Waals surface area contributed by atoms with Crippen molar-refractivity contribution in [1.82, 2.24) is 4.98 Å². The second-order valence-electron chi connectivity index (χ2n) is 6.70. The van der Waals surface area contributed by atoms with Crippen LogP contribution >= 0.6 is 11.3 Å². The molecule has 0 bridgehead atoms. The fourth-order valence-corrected chi connectivity index (χ4v) is 5.88. The summed E-state index contributed by atoms with van der Waals surface area (Å²) in [5.41, 5.74) is 2.62. The Morgan fingerprint density at radius 2 is 2.00 bits per heavy atom. The van der Waals surface area contributed by atoms with Crippen molar-refractivity contribution in [3.8, 4) is 10.4 Å². The molecule has 2 aromatic heterocycles. The van der Waals surface area contributed by atoms with Crippen molar-refractivity contribution in [3.63, 3.8) is 0 Å².